The molecule has 4 heteroatoms. The van der Waals surface area contributed by atoms with Crippen LogP contribution in [-0.4, -0.2) is 19.8 Å². The zero-order chi connectivity index (χ0) is 18.5. The highest BCUT2D eigenvalue weighted by Gasteiger charge is 2.33. The molecule has 1 aromatic rings. The quantitative estimate of drug-likeness (QED) is 0.616. The van der Waals surface area contributed by atoms with E-state index in [0.29, 0.717) is 24.2 Å². The molecule has 26 heavy (non-hydrogen) atoms. The van der Waals surface area contributed by atoms with E-state index in [-0.39, 0.29) is 18.1 Å². The molecule has 0 radical (unpaired) electrons. The molecule has 3 rings (SSSR count). The Bertz CT molecular complexity index is 574. The molecule has 1 saturated carbocycles. The minimum Gasteiger partial charge on any atom is -0.380 e. The first-order chi connectivity index (χ1) is 12.6. The van der Waals surface area contributed by atoms with Crippen molar-refractivity contribution < 1.29 is 18.3 Å². The lowest BCUT2D eigenvalue weighted by molar-refractivity contribution is -0.0440. The smallest absolute Gasteiger partial charge is 0.164 e. The van der Waals surface area contributed by atoms with Gasteiger partial charge in [-0.25, -0.2) is 8.78 Å². The molecule has 2 aliphatic rings. The van der Waals surface area contributed by atoms with Crippen LogP contribution >= 0.6 is 0 Å². The van der Waals surface area contributed by atoms with Crippen LogP contribution in [0.5, 0.6) is 0 Å². The zero-order valence-corrected chi connectivity index (χ0v) is 16.1. The molecule has 0 spiro atoms. The Morgan fingerprint density at radius 1 is 1.04 bits per heavy atom. The van der Waals surface area contributed by atoms with Gasteiger partial charge in [-0.1, -0.05) is 44.7 Å². The topological polar surface area (TPSA) is 18.5 Å². The molecule has 2 fully saturated rings. The van der Waals surface area contributed by atoms with Crippen LogP contribution in [-0.2, 0) is 16.1 Å². The van der Waals surface area contributed by atoms with Crippen molar-refractivity contribution in [2.24, 2.45) is 11.8 Å². The Labute approximate surface area is 156 Å². The van der Waals surface area contributed by atoms with Crippen LogP contribution in [0.4, 0.5) is 8.78 Å². The molecule has 2 unspecified atom stereocenters. The van der Waals surface area contributed by atoms with Crippen molar-refractivity contribution in [1.82, 2.24) is 0 Å². The fraction of sp³-hybridized carbons (Fsp3) is 0.727. The van der Waals surface area contributed by atoms with E-state index in [1.54, 1.807) is 12.1 Å². The number of hydrogen-bond donors (Lipinski definition) is 0. The maximum absolute atomic E-state index is 14.5. The lowest BCUT2D eigenvalue weighted by Gasteiger charge is -2.38. The largest absolute Gasteiger partial charge is 0.380 e. The third kappa shape index (κ3) is 4.45. The van der Waals surface area contributed by atoms with E-state index < -0.39 is 11.6 Å². The van der Waals surface area contributed by atoms with Crippen LogP contribution in [0.2, 0.25) is 0 Å². The van der Waals surface area contributed by atoms with Gasteiger partial charge >= 0.3 is 0 Å². The Morgan fingerprint density at radius 2 is 1.81 bits per heavy atom. The van der Waals surface area contributed by atoms with E-state index in [4.69, 9.17) is 9.47 Å². The van der Waals surface area contributed by atoms with Crippen molar-refractivity contribution >= 4 is 0 Å². The molecule has 1 aliphatic heterocycles. The standard InChI is InChI=1S/C22H32F2O2/c1-3-4-15-5-7-16(8-6-15)20-12-10-17(14-26-20)19-11-9-18(13-25-2)21(23)22(19)24/h9,11,15-17,20H,3-8,10,12-14H2,1-2H3. The van der Waals surface area contributed by atoms with E-state index in [1.165, 1.54) is 45.6 Å². The second-order valence-electron chi connectivity index (χ2n) is 8.09. The highest BCUT2D eigenvalue weighted by atomic mass is 19.2. The van der Waals surface area contributed by atoms with E-state index in [0.717, 1.165) is 18.8 Å². The van der Waals surface area contributed by atoms with Crippen LogP contribution in [0.3, 0.4) is 0 Å². The summed E-state index contributed by atoms with van der Waals surface area (Å²) in [6.45, 7) is 2.85. The number of rotatable bonds is 6. The molecular formula is C22H32F2O2. The summed E-state index contributed by atoms with van der Waals surface area (Å²) in [4.78, 5) is 0. The van der Waals surface area contributed by atoms with Crippen molar-refractivity contribution in [3.8, 4) is 0 Å². The second-order valence-corrected chi connectivity index (χ2v) is 8.09. The first kappa shape index (κ1) is 19.8. The fourth-order valence-corrected chi connectivity index (χ4v) is 4.83. The molecule has 146 valence electrons. The summed E-state index contributed by atoms with van der Waals surface area (Å²) in [5.74, 6) is -0.00818. The van der Waals surface area contributed by atoms with Gasteiger partial charge < -0.3 is 9.47 Å². The molecule has 0 N–H and O–H groups in total. The van der Waals surface area contributed by atoms with Gasteiger partial charge in [0.1, 0.15) is 0 Å². The fourth-order valence-electron chi connectivity index (χ4n) is 4.83. The summed E-state index contributed by atoms with van der Waals surface area (Å²) in [6, 6.07) is 3.34. The molecular weight excluding hydrogens is 334 g/mol. The lowest BCUT2D eigenvalue weighted by atomic mass is 9.75. The molecule has 0 aromatic heterocycles. The number of ether oxygens (including phenoxy) is 2. The maximum atomic E-state index is 14.5. The van der Waals surface area contributed by atoms with E-state index in [2.05, 4.69) is 6.92 Å². The predicted octanol–water partition coefficient (Wildman–Crippen LogP) is 5.98. The van der Waals surface area contributed by atoms with Gasteiger partial charge in [-0.2, -0.15) is 0 Å². The summed E-state index contributed by atoms with van der Waals surface area (Å²) in [5, 5.41) is 0. The number of hydrogen-bond acceptors (Lipinski definition) is 2. The predicted molar refractivity (Wildman–Crippen MR) is 99.1 cm³/mol. The van der Waals surface area contributed by atoms with Crippen LogP contribution in [0, 0.1) is 23.5 Å². The maximum Gasteiger partial charge on any atom is 0.164 e. The van der Waals surface area contributed by atoms with Gasteiger partial charge in [-0.15, -0.1) is 0 Å². The molecule has 1 aromatic carbocycles. The Balaban J connectivity index is 1.55. The van der Waals surface area contributed by atoms with Gasteiger partial charge in [-0.05, 0) is 43.1 Å². The van der Waals surface area contributed by atoms with Gasteiger partial charge in [0.2, 0.25) is 0 Å². The first-order valence-corrected chi connectivity index (χ1v) is 10.2. The van der Waals surface area contributed by atoms with Crippen molar-refractivity contribution in [1.29, 1.82) is 0 Å². The zero-order valence-electron chi connectivity index (χ0n) is 16.1. The van der Waals surface area contributed by atoms with Crippen LogP contribution < -0.4 is 0 Å². The van der Waals surface area contributed by atoms with E-state index in [9.17, 15) is 8.78 Å². The highest BCUT2D eigenvalue weighted by molar-refractivity contribution is 5.29. The average molecular weight is 366 g/mol. The Hall–Kier alpha value is -1.00. The van der Waals surface area contributed by atoms with Crippen molar-refractivity contribution in [3.05, 3.63) is 34.9 Å². The Kier molecular flexibility index (Phi) is 7.05. The molecule has 1 heterocycles. The summed E-state index contributed by atoms with van der Waals surface area (Å²) < 4.78 is 39.7. The number of halogens is 2. The van der Waals surface area contributed by atoms with Crippen LogP contribution in [0.1, 0.15) is 75.3 Å². The summed E-state index contributed by atoms with van der Waals surface area (Å²) in [5.41, 5.74) is 0.722. The molecule has 1 aliphatic carbocycles. The van der Waals surface area contributed by atoms with Gasteiger partial charge in [0.15, 0.2) is 11.6 Å². The van der Waals surface area contributed by atoms with E-state index >= 15 is 0 Å². The van der Waals surface area contributed by atoms with Crippen molar-refractivity contribution in [3.63, 3.8) is 0 Å². The van der Waals surface area contributed by atoms with Gasteiger partial charge in [0, 0.05) is 18.6 Å². The molecule has 1 saturated heterocycles. The lowest BCUT2D eigenvalue weighted by Crippen LogP contribution is -2.33. The highest BCUT2D eigenvalue weighted by Crippen LogP contribution is 2.39. The average Bonchev–Trinajstić information content (AvgIpc) is 2.67. The summed E-state index contributed by atoms with van der Waals surface area (Å²) in [6.07, 6.45) is 9.92. The molecule has 0 bridgehead atoms. The van der Waals surface area contributed by atoms with Gasteiger partial charge in [-0.3, -0.25) is 0 Å². The minimum absolute atomic E-state index is 0.0474. The first-order valence-electron chi connectivity index (χ1n) is 10.2. The monoisotopic (exact) mass is 366 g/mol. The second kappa shape index (κ2) is 9.27. The molecule has 2 atom stereocenters. The van der Waals surface area contributed by atoms with Crippen LogP contribution in [0.15, 0.2) is 12.1 Å². The third-order valence-corrected chi connectivity index (χ3v) is 6.36. The SMILES string of the molecule is CCCC1CCC(C2CCC(c3ccc(COC)c(F)c3F)CO2)CC1. The van der Waals surface area contributed by atoms with E-state index in [1.807, 2.05) is 0 Å². The molecule has 0 amide bonds. The number of benzene rings is 1. The molecule has 2 nitrogen and oxygen atoms in total. The van der Waals surface area contributed by atoms with Crippen molar-refractivity contribution in [2.45, 2.75) is 76.9 Å². The van der Waals surface area contributed by atoms with Crippen molar-refractivity contribution in [2.75, 3.05) is 13.7 Å². The normalized spacial score (nSPS) is 29.7. The van der Waals surface area contributed by atoms with Gasteiger partial charge in [0.05, 0.1) is 19.3 Å². The Morgan fingerprint density at radius 3 is 2.42 bits per heavy atom. The van der Waals surface area contributed by atoms with Crippen LogP contribution in [0.25, 0.3) is 0 Å². The summed E-state index contributed by atoms with van der Waals surface area (Å²) in [7, 11) is 1.48. The minimum atomic E-state index is -0.777. The third-order valence-electron chi connectivity index (χ3n) is 6.36. The summed E-state index contributed by atoms with van der Waals surface area (Å²) >= 11 is 0. The number of methoxy groups -OCH3 is 1. The van der Waals surface area contributed by atoms with Gasteiger partial charge in [0.25, 0.3) is 0 Å².